The van der Waals surface area contributed by atoms with E-state index in [1.54, 1.807) is 19.1 Å². The molecule has 29 heavy (non-hydrogen) atoms. The van der Waals surface area contributed by atoms with E-state index >= 15 is 0 Å². The number of carbonyl (C=O) groups excluding carboxylic acids is 1. The molecule has 1 N–H and O–H groups in total. The highest BCUT2D eigenvalue weighted by Crippen LogP contribution is 2.35. The maximum absolute atomic E-state index is 12.7. The van der Waals surface area contributed by atoms with Gasteiger partial charge in [0.05, 0.1) is 27.9 Å². The second-order valence-corrected chi connectivity index (χ2v) is 7.54. The van der Waals surface area contributed by atoms with Gasteiger partial charge in [0, 0.05) is 17.8 Å². The minimum atomic E-state index is -0.434. The third-order valence-electron chi connectivity index (χ3n) is 4.98. The van der Waals surface area contributed by atoms with Crippen LogP contribution in [-0.4, -0.2) is 22.2 Å². The number of fused-ring (bicyclic) bond motifs is 2. The van der Waals surface area contributed by atoms with Crippen LogP contribution in [0.25, 0.3) is 21.7 Å². The zero-order valence-corrected chi connectivity index (χ0v) is 17.7. The van der Waals surface area contributed by atoms with Crippen LogP contribution in [0.3, 0.4) is 0 Å². The summed E-state index contributed by atoms with van der Waals surface area (Å²) in [4.78, 5) is 12.7. The Balaban J connectivity index is 1.81. The van der Waals surface area contributed by atoms with Gasteiger partial charge in [-0.15, -0.1) is 0 Å². The molecule has 0 fully saturated rings. The number of phenols is 1. The molecular weight excluding hydrogens is 434 g/mol. The third kappa shape index (κ3) is 3.44. The Hall–Kier alpha value is -2.99. The summed E-state index contributed by atoms with van der Waals surface area (Å²) < 4.78 is 13.9. The smallest absolute Gasteiger partial charge is 0.340 e. The first-order chi connectivity index (χ1) is 14.0. The fourth-order valence-corrected chi connectivity index (χ4v) is 3.90. The first kappa shape index (κ1) is 19.3. The molecule has 0 radical (unpaired) electrons. The number of nitrogens with zero attached hydrogens (tertiary/aromatic N) is 1. The summed E-state index contributed by atoms with van der Waals surface area (Å²) in [6.07, 6.45) is 0. The maximum Gasteiger partial charge on any atom is 0.340 e. The maximum atomic E-state index is 12.7. The predicted octanol–water partition coefficient (Wildman–Crippen LogP) is 5.56. The molecule has 0 aliphatic carbocycles. The van der Waals surface area contributed by atoms with Crippen molar-refractivity contribution in [1.29, 1.82) is 0 Å². The van der Waals surface area contributed by atoms with E-state index in [2.05, 4.69) is 15.9 Å². The summed E-state index contributed by atoms with van der Waals surface area (Å²) in [5.41, 5.74) is 1.89. The van der Waals surface area contributed by atoms with Gasteiger partial charge in [0.15, 0.2) is 0 Å². The van der Waals surface area contributed by atoms with Crippen molar-refractivity contribution < 1.29 is 19.4 Å². The van der Waals surface area contributed by atoms with E-state index < -0.39 is 5.97 Å². The molecule has 0 aliphatic heterocycles. The molecule has 6 heteroatoms. The topological polar surface area (TPSA) is 60.7 Å². The van der Waals surface area contributed by atoms with E-state index in [0.717, 1.165) is 22.0 Å². The first-order valence-corrected chi connectivity index (χ1v) is 10.1. The van der Waals surface area contributed by atoms with Crippen LogP contribution in [0.1, 0.15) is 23.0 Å². The number of carbonyl (C=O) groups is 1. The highest BCUT2D eigenvalue weighted by molar-refractivity contribution is 9.10. The molecule has 4 rings (SSSR count). The number of esters is 1. The van der Waals surface area contributed by atoms with E-state index in [0.29, 0.717) is 21.1 Å². The van der Waals surface area contributed by atoms with Crippen LogP contribution in [0, 0.1) is 0 Å². The van der Waals surface area contributed by atoms with Crippen LogP contribution >= 0.6 is 15.9 Å². The van der Waals surface area contributed by atoms with E-state index in [1.807, 2.05) is 54.1 Å². The molecule has 0 spiro atoms. The Morgan fingerprint density at radius 3 is 2.66 bits per heavy atom. The zero-order valence-electron chi connectivity index (χ0n) is 16.1. The minimum absolute atomic E-state index is 0.0650. The fraction of sp³-hybridized carbons (Fsp3) is 0.174. The molecule has 0 atom stereocenters. The van der Waals surface area contributed by atoms with Crippen molar-refractivity contribution in [2.75, 3.05) is 6.61 Å². The average Bonchev–Trinajstić information content (AvgIpc) is 2.98. The largest absolute Gasteiger partial charge is 0.507 e. The number of aryl methyl sites for hydroxylation is 1. The second kappa shape index (κ2) is 7.79. The van der Waals surface area contributed by atoms with Gasteiger partial charge in [-0.05, 0) is 46.4 Å². The summed E-state index contributed by atoms with van der Waals surface area (Å²) in [7, 11) is 1.87. The third-order valence-corrected chi connectivity index (χ3v) is 5.62. The van der Waals surface area contributed by atoms with Gasteiger partial charge >= 0.3 is 5.97 Å². The number of rotatable bonds is 5. The molecule has 3 aromatic carbocycles. The Morgan fingerprint density at radius 1 is 1.10 bits per heavy atom. The monoisotopic (exact) mass is 453 g/mol. The van der Waals surface area contributed by atoms with E-state index in [4.69, 9.17) is 9.47 Å². The van der Waals surface area contributed by atoms with Crippen LogP contribution in [0.2, 0.25) is 0 Å². The number of hydrogen-bond donors (Lipinski definition) is 1. The van der Waals surface area contributed by atoms with Crippen molar-refractivity contribution in [2.45, 2.75) is 13.5 Å². The van der Waals surface area contributed by atoms with Gasteiger partial charge in [-0.2, -0.15) is 0 Å². The lowest BCUT2D eigenvalue weighted by atomic mass is 10.1. The number of aromatic hydroxyl groups is 1. The highest BCUT2D eigenvalue weighted by atomic mass is 79.9. The predicted molar refractivity (Wildman–Crippen MR) is 117 cm³/mol. The van der Waals surface area contributed by atoms with Gasteiger partial charge in [0.1, 0.15) is 18.1 Å². The van der Waals surface area contributed by atoms with Gasteiger partial charge < -0.3 is 19.1 Å². The molecule has 5 nitrogen and oxygen atoms in total. The number of phenolic OH excluding ortho intramolecular Hbond substituents is 1. The standard InChI is InChI=1S/C23H20BrNO4/c1-3-28-23(27)22-16-11-20(26)17(24)12-18(16)25(2)19(22)13-29-21-10-6-8-14-7-4-5-9-15(14)21/h4-12,26H,3,13H2,1-2H3. The Labute approximate surface area is 176 Å². The van der Waals surface area contributed by atoms with Crippen LogP contribution in [-0.2, 0) is 18.4 Å². The molecule has 1 aromatic heterocycles. The quantitative estimate of drug-likeness (QED) is 0.402. The number of aromatic nitrogens is 1. The van der Waals surface area contributed by atoms with Crippen molar-refractivity contribution in [3.63, 3.8) is 0 Å². The SMILES string of the molecule is CCOC(=O)c1c(COc2cccc3ccccc23)n(C)c2cc(Br)c(O)cc12. The van der Waals surface area contributed by atoms with Crippen LogP contribution in [0.15, 0.2) is 59.1 Å². The Morgan fingerprint density at radius 2 is 1.86 bits per heavy atom. The van der Waals surface area contributed by atoms with Gasteiger partial charge in [0.2, 0.25) is 0 Å². The van der Waals surface area contributed by atoms with Gasteiger partial charge in [-0.25, -0.2) is 4.79 Å². The van der Waals surface area contributed by atoms with Gasteiger partial charge in [-0.1, -0.05) is 36.4 Å². The van der Waals surface area contributed by atoms with E-state index in [9.17, 15) is 9.90 Å². The van der Waals surface area contributed by atoms with E-state index in [-0.39, 0.29) is 19.0 Å². The highest BCUT2D eigenvalue weighted by Gasteiger charge is 2.24. The van der Waals surface area contributed by atoms with Crippen molar-refractivity contribution >= 4 is 43.6 Å². The molecule has 0 bridgehead atoms. The lowest BCUT2D eigenvalue weighted by molar-refractivity contribution is 0.0525. The Kier molecular flexibility index (Phi) is 5.20. The molecule has 4 aromatic rings. The Bertz CT molecular complexity index is 1220. The summed E-state index contributed by atoms with van der Waals surface area (Å²) in [5, 5.41) is 12.9. The van der Waals surface area contributed by atoms with Crippen LogP contribution < -0.4 is 4.74 Å². The number of halogens is 1. The minimum Gasteiger partial charge on any atom is -0.507 e. The molecule has 0 saturated carbocycles. The lowest BCUT2D eigenvalue weighted by Crippen LogP contribution is -2.11. The van der Waals surface area contributed by atoms with Crippen LogP contribution in [0.4, 0.5) is 0 Å². The van der Waals surface area contributed by atoms with Gasteiger partial charge in [0.25, 0.3) is 0 Å². The van der Waals surface area contributed by atoms with E-state index in [1.165, 1.54) is 0 Å². The zero-order chi connectivity index (χ0) is 20.5. The number of benzene rings is 3. The average molecular weight is 454 g/mol. The number of hydrogen-bond acceptors (Lipinski definition) is 4. The first-order valence-electron chi connectivity index (χ1n) is 9.28. The molecule has 1 heterocycles. The molecule has 148 valence electrons. The summed E-state index contributed by atoms with van der Waals surface area (Å²) in [6, 6.07) is 17.2. The number of ether oxygens (including phenoxy) is 2. The van der Waals surface area contributed by atoms with Crippen molar-refractivity contribution in [1.82, 2.24) is 4.57 Å². The summed E-state index contributed by atoms with van der Waals surface area (Å²) >= 11 is 3.34. The van der Waals surface area contributed by atoms with Gasteiger partial charge in [-0.3, -0.25) is 0 Å². The van der Waals surface area contributed by atoms with Crippen LogP contribution in [0.5, 0.6) is 11.5 Å². The molecular formula is C23H20BrNO4. The second-order valence-electron chi connectivity index (χ2n) is 6.69. The fourth-order valence-electron chi connectivity index (χ4n) is 3.57. The normalized spacial score (nSPS) is 11.1. The lowest BCUT2D eigenvalue weighted by Gasteiger charge is -2.12. The van der Waals surface area contributed by atoms with Crippen molar-refractivity contribution in [2.24, 2.45) is 7.05 Å². The van der Waals surface area contributed by atoms with Crippen molar-refractivity contribution in [3.8, 4) is 11.5 Å². The van der Waals surface area contributed by atoms with Crippen molar-refractivity contribution in [3.05, 3.63) is 70.3 Å². The molecule has 0 amide bonds. The summed E-state index contributed by atoms with van der Waals surface area (Å²) in [6.45, 7) is 2.22. The summed E-state index contributed by atoms with van der Waals surface area (Å²) in [5.74, 6) is 0.374. The molecule has 0 aliphatic rings. The molecule has 0 unspecified atom stereocenters. The molecule has 0 saturated heterocycles.